The van der Waals surface area contributed by atoms with Crippen molar-refractivity contribution in [3.63, 3.8) is 0 Å². The monoisotopic (exact) mass is 471 g/mol. The number of aromatic nitrogens is 1. The second-order valence-electron chi connectivity index (χ2n) is 7.62. The minimum atomic E-state index is -0.946. The van der Waals surface area contributed by atoms with Crippen molar-refractivity contribution in [2.45, 2.75) is 13.2 Å². The Morgan fingerprint density at radius 2 is 1.72 bits per heavy atom. The number of halogens is 2. The fourth-order valence-electron chi connectivity index (χ4n) is 3.69. The van der Waals surface area contributed by atoms with E-state index in [1.807, 2.05) is 4.90 Å². The summed E-state index contributed by atoms with van der Waals surface area (Å²) in [7, 11) is 0. The third kappa shape index (κ3) is 5.51. The van der Waals surface area contributed by atoms with Gasteiger partial charge in [-0.3, -0.25) is 4.90 Å². The third-order valence-corrected chi connectivity index (χ3v) is 5.94. The first-order valence-electron chi connectivity index (χ1n) is 10.3. The summed E-state index contributed by atoms with van der Waals surface area (Å²) in [6.07, 6.45) is 1.64. The third-order valence-electron chi connectivity index (χ3n) is 5.41. The molecule has 0 amide bonds. The summed E-state index contributed by atoms with van der Waals surface area (Å²) in [6.45, 7) is 4.43. The van der Waals surface area contributed by atoms with Crippen LogP contribution in [-0.4, -0.2) is 47.1 Å². The van der Waals surface area contributed by atoms with Gasteiger partial charge in [0.1, 0.15) is 23.7 Å². The zero-order chi connectivity index (χ0) is 22.5. The van der Waals surface area contributed by atoms with Crippen LogP contribution in [0, 0.1) is 0 Å². The Morgan fingerprint density at radius 3 is 2.41 bits per heavy atom. The maximum atomic E-state index is 11.5. The zero-order valence-corrected chi connectivity index (χ0v) is 18.9. The Hall–Kier alpha value is -2.80. The van der Waals surface area contributed by atoms with Gasteiger partial charge in [-0.1, -0.05) is 47.5 Å². The number of hydrogen-bond donors (Lipinski definition) is 1. The van der Waals surface area contributed by atoms with Crippen molar-refractivity contribution in [3.8, 4) is 5.75 Å². The normalized spacial score (nSPS) is 14.4. The van der Waals surface area contributed by atoms with Crippen LogP contribution < -0.4 is 9.64 Å². The van der Waals surface area contributed by atoms with E-state index < -0.39 is 5.97 Å². The molecule has 6 nitrogen and oxygen atoms in total. The molecule has 3 aromatic rings. The Kier molecular flexibility index (Phi) is 7.15. The summed E-state index contributed by atoms with van der Waals surface area (Å²) >= 11 is 12.1. The van der Waals surface area contributed by atoms with E-state index in [-0.39, 0.29) is 5.56 Å². The second kappa shape index (κ2) is 10.2. The molecule has 0 radical (unpaired) electrons. The van der Waals surface area contributed by atoms with Crippen LogP contribution in [0.3, 0.4) is 0 Å². The first kappa shape index (κ1) is 22.4. The molecule has 1 aromatic heterocycles. The number of nitrogens with zero attached hydrogens (tertiary/aromatic N) is 3. The largest absolute Gasteiger partial charge is 0.487 e. The maximum absolute atomic E-state index is 11.5. The van der Waals surface area contributed by atoms with Crippen LogP contribution in [0.2, 0.25) is 10.0 Å². The van der Waals surface area contributed by atoms with Gasteiger partial charge in [-0.15, -0.1) is 0 Å². The first-order chi connectivity index (χ1) is 15.5. The van der Waals surface area contributed by atoms with Gasteiger partial charge in [-0.25, -0.2) is 9.78 Å². The molecule has 2 heterocycles. The molecule has 1 aliphatic heterocycles. The van der Waals surface area contributed by atoms with Crippen LogP contribution in [0.5, 0.6) is 5.75 Å². The lowest BCUT2D eigenvalue weighted by atomic mass is 10.1. The van der Waals surface area contributed by atoms with Crippen LogP contribution in [0.15, 0.2) is 60.8 Å². The molecular formula is C24H23Cl2N3O3. The number of rotatable bonds is 7. The van der Waals surface area contributed by atoms with Gasteiger partial charge in [0.2, 0.25) is 0 Å². The van der Waals surface area contributed by atoms with Gasteiger partial charge in [-0.05, 0) is 41.5 Å². The maximum Gasteiger partial charge on any atom is 0.339 e. The highest BCUT2D eigenvalue weighted by atomic mass is 35.5. The Bertz CT molecular complexity index is 1080. The molecule has 0 atom stereocenters. The van der Waals surface area contributed by atoms with E-state index in [1.54, 1.807) is 36.5 Å². The van der Waals surface area contributed by atoms with Crippen LogP contribution in [0.4, 0.5) is 5.82 Å². The summed E-state index contributed by atoms with van der Waals surface area (Å²) < 4.78 is 5.79. The van der Waals surface area contributed by atoms with E-state index in [0.717, 1.165) is 38.3 Å². The van der Waals surface area contributed by atoms with Gasteiger partial charge >= 0.3 is 5.97 Å². The van der Waals surface area contributed by atoms with E-state index in [0.29, 0.717) is 28.2 Å². The highest BCUT2D eigenvalue weighted by molar-refractivity contribution is 6.35. The molecular weight excluding hydrogens is 449 g/mol. The number of carboxylic acid groups (broad SMARTS) is 1. The SMILES string of the molecule is O=C(O)c1cccnc1N1CCN(Cc2ccc(COc3ccc(Cl)cc3Cl)cc2)CC1. The Balaban J connectivity index is 1.29. The summed E-state index contributed by atoms with van der Waals surface area (Å²) in [5.74, 6) is 0.208. The average molecular weight is 472 g/mol. The van der Waals surface area contributed by atoms with E-state index in [9.17, 15) is 9.90 Å². The molecule has 4 rings (SSSR count). The highest BCUT2D eigenvalue weighted by Gasteiger charge is 2.22. The molecule has 1 saturated heterocycles. The van der Waals surface area contributed by atoms with Crippen molar-refractivity contribution in [2.24, 2.45) is 0 Å². The van der Waals surface area contributed by atoms with Gasteiger partial charge in [0.15, 0.2) is 0 Å². The number of hydrogen-bond acceptors (Lipinski definition) is 5. The predicted octanol–water partition coefficient (Wildman–Crippen LogP) is 4.99. The highest BCUT2D eigenvalue weighted by Crippen LogP contribution is 2.28. The number of aromatic carboxylic acids is 1. The molecule has 8 heteroatoms. The number of anilines is 1. The zero-order valence-electron chi connectivity index (χ0n) is 17.4. The van der Waals surface area contributed by atoms with Crippen molar-refractivity contribution < 1.29 is 14.6 Å². The van der Waals surface area contributed by atoms with Crippen LogP contribution in [-0.2, 0) is 13.2 Å². The van der Waals surface area contributed by atoms with E-state index in [4.69, 9.17) is 27.9 Å². The topological polar surface area (TPSA) is 65.9 Å². The van der Waals surface area contributed by atoms with E-state index >= 15 is 0 Å². The van der Waals surface area contributed by atoms with Gasteiger partial charge in [0.05, 0.1) is 5.02 Å². The summed E-state index contributed by atoms with van der Waals surface area (Å²) in [6, 6.07) is 16.8. The second-order valence-corrected chi connectivity index (χ2v) is 8.47. The fraction of sp³-hybridized carbons (Fsp3) is 0.250. The van der Waals surface area contributed by atoms with Crippen LogP contribution >= 0.6 is 23.2 Å². The van der Waals surface area contributed by atoms with Gasteiger partial charge in [0.25, 0.3) is 0 Å². The summed E-state index contributed by atoms with van der Waals surface area (Å²) in [5, 5.41) is 10.5. The predicted molar refractivity (Wildman–Crippen MR) is 126 cm³/mol. The number of carboxylic acids is 1. The lowest BCUT2D eigenvalue weighted by Crippen LogP contribution is -2.46. The standard InChI is InChI=1S/C24H23Cl2N3O3/c25-19-7-8-22(21(26)14-19)32-16-18-5-3-17(4-6-18)15-28-10-12-29(13-11-28)23-20(24(30)31)2-1-9-27-23/h1-9,14H,10-13,15-16H2,(H,30,31). The van der Waals surface area contributed by atoms with Gasteiger partial charge in [-0.2, -0.15) is 0 Å². The fourth-order valence-corrected chi connectivity index (χ4v) is 4.15. The molecule has 0 spiro atoms. The molecule has 1 N–H and O–H groups in total. The Morgan fingerprint density at radius 1 is 1.00 bits per heavy atom. The quantitative estimate of drug-likeness (QED) is 0.523. The minimum absolute atomic E-state index is 0.249. The van der Waals surface area contributed by atoms with Crippen molar-refractivity contribution in [3.05, 3.63) is 87.5 Å². The van der Waals surface area contributed by atoms with Crippen molar-refractivity contribution in [2.75, 3.05) is 31.1 Å². The van der Waals surface area contributed by atoms with Crippen molar-refractivity contribution >= 4 is 35.0 Å². The van der Waals surface area contributed by atoms with E-state index in [1.165, 1.54) is 5.56 Å². The first-order valence-corrected chi connectivity index (χ1v) is 11.1. The molecule has 0 saturated carbocycles. The molecule has 2 aromatic carbocycles. The molecule has 1 fully saturated rings. The molecule has 0 unspecified atom stereocenters. The van der Waals surface area contributed by atoms with Crippen LogP contribution in [0.1, 0.15) is 21.5 Å². The van der Waals surface area contributed by atoms with Gasteiger partial charge in [0, 0.05) is 43.9 Å². The number of carbonyl (C=O) groups is 1. The van der Waals surface area contributed by atoms with Crippen molar-refractivity contribution in [1.82, 2.24) is 9.88 Å². The number of pyridine rings is 1. The van der Waals surface area contributed by atoms with Crippen LogP contribution in [0.25, 0.3) is 0 Å². The smallest absolute Gasteiger partial charge is 0.339 e. The molecule has 0 bridgehead atoms. The minimum Gasteiger partial charge on any atom is -0.487 e. The molecule has 32 heavy (non-hydrogen) atoms. The summed E-state index contributed by atoms with van der Waals surface area (Å²) in [4.78, 5) is 20.2. The number of benzene rings is 2. The van der Waals surface area contributed by atoms with E-state index in [2.05, 4.69) is 34.1 Å². The molecule has 1 aliphatic rings. The van der Waals surface area contributed by atoms with Crippen molar-refractivity contribution in [1.29, 1.82) is 0 Å². The average Bonchev–Trinajstić information content (AvgIpc) is 2.80. The molecule has 0 aliphatic carbocycles. The van der Waals surface area contributed by atoms with Gasteiger partial charge < -0.3 is 14.7 Å². The Labute approximate surface area is 197 Å². The molecule has 166 valence electrons. The lowest BCUT2D eigenvalue weighted by molar-refractivity contribution is 0.0697. The number of ether oxygens (including phenoxy) is 1. The lowest BCUT2D eigenvalue weighted by Gasteiger charge is -2.35. The summed E-state index contributed by atoms with van der Waals surface area (Å²) in [5.41, 5.74) is 2.52. The number of piperazine rings is 1.